The first-order chi connectivity index (χ1) is 6.93. The van der Waals surface area contributed by atoms with Crippen LogP contribution < -0.4 is 5.73 Å². The van der Waals surface area contributed by atoms with E-state index in [1.165, 1.54) is 0 Å². The minimum absolute atomic E-state index is 0.133. The van der Waals surface area contributed by atoms with Crippen molar-refractivity contribution < 1.29 is 4.79 Å². The van der Waals surface area contributed by atoms with Gasteiger partial charge in [-0.25, -0.2) is 0 Å². The molecule has 0 aromatic carbocycles. The minimum atomic E-state index is -0.323. The molecule has 1 rings (SSSR count). The van der Waals surface area contributed by atoms with Gasteiger partial charge in [0.25, 0.3) is 0 Å². The van der Waals surface area contributed by atoms with Crippen molar-refractivity contribution in [3.63, 3.8) is 0 Å². The highest BCUT2D eigenvalue weighted by molar-refractivity contribution is 5.82. The summed E-state index contributed by atoms with van der Waals surface area (Å²) in [4.78, 5) is 13.9. The SMILES string of the molecule is CC(C)[C@H]1CCN(C(=O)[C@H](N)C(C)C)C1. The summed E-state index contributed by atoms with van der Waals surface area (Å²) < 4.78 is 0. The lowest BCUT2D eigenvalue weighted by Crippen LogP contribution is -2.45. The number of likely N-dealkylation sites (tertiary alicyclic amines) is 1. The minimum Gasteiger partial charge on any atom is -0.341 e. The zero-order valence-electron chi connectivity index (χ0n) is 10.4. The molecule has 0 aromatic heterocycles. The molecule has 1 aliphatic rings. The van der Waals surface area contributed by atoms with Gasteiger partial charge in [-0.1, -0.05) is 27.7 Å². The Morgan fingerprint density at radius 2 is 1.93 bits per heavy atom. The summed E-state index contributed by atoms with van der Waals surface area (Å²) in [6.07, 6.45) is 1.13. The number of carbonyl (C=O) groups excluding carboxylic acids is 1. The Labute approximate surface area is 93.0 Å². The molecule has 0 unspecified atom stereocenters. The molecule has 3 nitrogen and oxygen atoms in total. The normalized spacial score (nSPS) is 23.9. The molecule has 0 spiro atoms. The summed E-state index contributed by atoms with van der Waals surface area (Å²) in [6.45, 7) is 10.2. The van der Waals surface area contributed by atoms with Crippen LogP contribution in [0.25, 0.3) is 0 Å². The highest BCUT2D eigenvalue weighted by Gasteiger charge is 2.31. The topological polar surface area (TPSA) is 46.3 Å². The Hall–Kier alpha value is -0.570. The molecule has 1 amide bonds. The number of amides is 1. The zero-order valence-corrected chi connectivity index (χ0v) is 10.4. The van der Waals surface area contributed by atoms with Gasteiger partial charge in [-0.05, 0) is 24.2 Å². The fraction of sp³-hybridized carbons (Fsp3) is 0.917. The van der Waals surface area contributed by atoms with Crippen molar-refractivity contribution in [1.29, 1.82) is 0 Å². The molecule has 0 radical (unpaired) electrons. The number of nitrogens with zero attached hydrogens (tertiary/aromatic N) is 1. The quantitative estimate of drug-likeness (QED) is 0.770. The first-order valence-corrected chi connectivity index (χ1v) is 5.97. The van der Waals surface area contributed by atoms with Gasteiger partial charge >= 0.3 is 0 Å². The maximum Gasteiger partial charge on any atom is 0.239 e. The van der Waals surface area contributed by atoms with Crippen LogP contribution >= 0.6 is 0 Å². The Bertz CT molecular complexity index is 226. The van der Waals surface area contributed by atoms with Crippen molar-refractivity contribution in [2.24, 2.45) is 23.5 Å². The van der Waals surface area contributed by atoms with E-state index in [4.69, 9.17) is 5.73 Å². The van der Waals surface area contributed by atoms with Crippen LogP contribution in [0.15, 0.2) is 0 Å². The molecule has 2 N–H and O–H groups in total. The van der Waals surface area contributed by atoms with Gasteiger partial charge in [-0.15, -0.1) is 0 Å². The summed E-state index contributed by atoms with van der Waals surface area (Å²) in [6, 6.07) is -0.323. The lowest BCUT2D eigenvalue weighted by Gasteiger charge is -2.23. The predicted octanol–water partition coefficient (Wildman–Crippen LogP) is 1.47. The van der Waals surface area contributed by atoms with Gasteiger partial charge in [0.05, 0.1) is 6.04 Å². The van der Waals surface area contributed by atoms with E-state index in [1.54, 1.807) is 0 Å². The molecule has 15 heavy (non-hydrogen) atoms. The second kappa shape index (κ2) is 4.97. The van der Waals surface area contributed by atoms with Crippen LogP contribution in [-0.2, 0) is 4.79 Å². The van der Waals surface area contributed by atoms with Crippen molar-refractivity contribution in [2.75, 3.05) is 13.1 Å². The molecule has 1 aliphatic heterocycles. The Kier molecular flexibility index (Phi) is 4.14. The van der Waals surface area contributed by atoms with Crippen LogP contribution in [-0.4, -0.2) is 29.9 Å². The predicted molar refractivity (Wildman–Crippen MR) is 62.3 cm³/mol. The summed E-state index contributed by atoms with van der Waals surface area (Å²) in [7, 11) is 0. The Morgan fingerprint density at radius 1 is 1.33 bits per heavy atom. The van der Waals surface area contributed by atoms with Gasteiger partial charge in [-0.2, -0.15) is 0 Å². The van der Waals surface area contributed by atoms with Crippen LogP contribution in [0.5, 0.6) is 0 Å². The van der Waals surface area contributed by atoms with Crippen molar-refractivity contribution >= 4 is 5.91 Å². The molecular formula is C12H24N2O. The van der Waals surface area contributed by atoms with Gasteiger partial charge < -0.3 is 10.6 Å². The maximum absolute atomic E-state index is 12.0. The number of carbonyl (C=O) groups is 1. The van der Waals surface area contributed by atoms with E-state index in [9.17, 15) is 4.79 Å². The van der Waals surface area contributed by atoms with Gasteiger partial charge in [0.15, 0.2) is 0 Å². The van der Waals surface area contributed by atoms with Crippen LogP contribution in [0.4, 0.5) is 0 Å². The van der Waals surface area contributed by atoms with Crippen LogP contribution in [0.3, 0.4) is 0 Å². The lowest BCUT2D eigenvalue weighted by molar-refractivity contribution is -0.132. The molecule has 3 heteroatoms. The molecule has 1 saturated heterocycles. The number of rotatable bonds is 3. The van der Waals surface area contributed by atoms with E-state index in [-0.39, 0.29) is 17.9 Å². The van der Waals surface area contributed by atoms with Crippen molar-refractivity contribution in [1.82, 2.24) is 4.90 Å². The molecule has 0 bridgehead atoms. The standard InChI is InChI=1S/C12H24N2O/c1-8(2)10-5-6-14(7-10)12(15)11(13)9(3)4/h8-11H,5-7,13H2,1-4H3/t10-,11+/m0/s1. The average Bonchev–Trinajstić information content (AvgIpc) is 2.64. The molecule has 1 fully saturated rings. The third kappa shape index (κ3) is 2.94. The van der Waals surface area contributed by atoms with E-state index in [1.807, 2.05) is 18.7 Å². The molecular weight excluding hydrogens is 188 g/mol. The third-order valence-corrected chi connectivity index (χ3v) is 3.48. The first kappa shape index (κ1) is 12.5. The monoisotopic (exact) mass is 212 g/mol. The van der Waals surface area contributed by atoms with Gasteiger partial charge in [-0.3, -0.25) is 4.79 Å². The van der Waals surface area contributed by atoms with Crippen LogP contribution in [0, 0.1) is 17.8 Å². The highest BCUT2D eigenvalue weighted by atomic mass is 16.2. The average molecular weight is 212 g/mol. The fourth-order valence-corrected chi connectivity index (χ4v) is 2.03. The van der Waals surface area contributed by atoms with Crippen molar-refractivity contribution in [3.8, 4) is 0 Å². The summed E-state index contributed by atoms with van der Waals surface area (Å²) in [5, 5.41) is 0. The highest BCUT2D eigenvalue weighted by Crippen LogP contribution is 2.24. The number of hydrogen-bond acceptors (Lipinski definition) is 2. The largest absolute Gasteiger partial charge is 0.341 e. The second-order valence-corrected chi connectivity index (χ2v) is 5.35. The van der Waals surface area contributed by atoms with Crippen LogP contribution in [0.2, 0.25) is 0 Å². The van der Waals surface area contributed by atoms with Gasteiger partial charge in [0, 0.05) is 13.1 Å². The fourth-order valence-electron chi connectivity index (χ4n) is 2.03. The van der Waals surface area contributed by atoms with Crippen molar-refractivity contribution in [3.05, 3.63) is 0 Å². The summed E-state index contributed by atoms with van der Waals surface area (Å²) in [5.41, 5.74) is 5.87. The molecule has 88 valence electrons. The Balaban J connectivity index is 2.50. The van der Waals surface area contributed by atoms with E-state index in [0.29, 0.717) is 11.8 Å². The van der Waals surface area contributed by atoms with E-state index in [0.717, 1.165) is 19.5 Å². The molecule has 2 atom stereocenters. The van der Waals surface area contributed by atoms with Gasteiger partial charge in [0.2, 0.25) is 5.91 Å². The lowest BCUT2D eigenvalue weighted by atomic mass is 9.95. The Morgan fingerprint density at radius 3 is 2.33 bits per heavy atom. The van der Waals surface area contributed by atoms with Crippen LogP contribution in [0.1, 0.15) is 34.1 Å². The summed E-state index contributed by atoms with van der Waals surface area (Å²) >= 11 is 0. The first-order valence-electron chi connectivity index (χ1n) is 5.97. The molecule has 0 saturated carbocycles. The second-order valence-electron chi connectivity index (χ2n) is 5.35. The molecule has 0 aromatic rings. The molecule has 0 aliphatic carbocycles. The van der Waals surface area contributed by atoms with E-state index in [2.05, 4.69) is 13.8 Å². The molecule has 1 heterocycles. The maximum atomic E-state index is 12.0. The number of nitrogens with two attached hydrogens (primary N) is 1. The number of hydrogen-bond donors (Lipinski definition) is 1. The summed E-state index contributed by atoms with van der Waals surface area (Å²) in [5.74, 6) is 1.69. The van der Waals surface area contributed by atoms with Crippen molar-refractivity contribution in [2.45, 2.75) is 40.2 Å². The third-order valence-electron chi connectivity index (χ3n) is 3.48. The smallest absolute Gasteiger partial charge is 0.239 e. The zero-order chi connectivity index (χ0) is 11.6. The van der Waals surface area contributed by atoms with Gasteiger partial charge in [0.1, 0.15) is 0 Å². The van der Waals surface area contributed by atoms with E-state index >= 15 is 0 Å². The van der Waals surface area contributed by atoms with E-state index < -0.39 is 0 Å².